The molecule has 0 N–H and O–H groups in total. The van der Waals surface area contributed by atoms with Gasteiger partial charge in [0.05, 0.1) is 6.61 Å². The van der Waals surface area contributed by atoms with Crippen LogP contribution in [0.3, 0.4) is 0 Å². The second kappa shape index (κ2) is 12.7. The minimum absolute atomic E-state index is 0.0931. The molecule has 8 heteroatoms. The molecule has 0 amide bonds. The lowest BCUT2D eigenvalue weighted by molar-refractivity contribution is -0.0417. The number of ether oxygens (including phenoxy) is 2. The van der Waals surface area contributed by atoms with Gasteiger partial charge in [0.25, 0.3) is 5.92 Å². The second-order valence-electron chi connectivity index (χ2n) is 9.60. The maximum Gasteiger partial charge on any atom is 0.285 e. The van der Waals surface area contributed by atoms with Gasteiger partial charge in [-0.3, -0.25) is 0 Å². The summed E-state index contributed by atoms with van der Waals surface area (Å²) in [6, 6.07) is 4.63. The molecule has 0 saturated heterocycles. The quantitative estimate of drug-likeness (QED) is 0.207. The van der Waals surface area contributed by atoms with Crippen molar-refractivity contribution in [2.24, 2.45) is 5.92 Å². The average molecular weight is 517 g/mol. The van der Waals surface area contributed by atoms with Crippen molar-refractivity contribution in [3.63, 3.8) is 0 Å². The third kappa shape index (κ3) is 7.10. The van der Waals surface area contributed by atoms with Crippen molar-refractivity contribution in [2.75, 3.05) is 13.2 Å². The molecule has 2 aromatic rings. The van der Waals surface area contributed by atoms with Gasteiger partial charge in [0, 0.05) is 6.42 Å². The molecule has 0 aliphatic heterocycles. The van der Waals surface area contributed by atoms with Crippen LogP contribution in [0.2, 0.25) is 0 Å². The number of halogens is 6. The number of hydrogen-bond donors (Lipinski definition) is 0. The van der Waals surface area contributed by atoms with Crippen molar-refractivity contribution in [2.45, 2.75) is 83.5 Å². The number of benzene rings is 2. The molecular formula is C28H34F6O2. The molecule has 1 fully saturated rings. The molecule has 1 saturated carbocycles. The zero-order chi connectivity index (χ0) is 26.3. The maximum atomic E-state index is 14.9. The van der Waals surface area contributed by atoms with Gasteiger partial charge in [-0.05, 0) is 67.7 Å². The van der Waals surface area contributed by atoms with Gasteiger partial charge in [0.1, 0.15) is 0 Å². The second-order valence-corrected chi connectivity index (χ2v) is 9.60. The van der Waals surface area contributed by atoms with Gasteiger partial charge in [0.15, 0.2) is 29.7 Å². The van der Waals surface area contributed by atoms with Crippen LogP contribution in [-0.4, -0.2) is 19.1 Å². The zero-order valence-corrected chi connectivity index (χ0v) is 20.8. The third-order valence-electron chi connectivity index (χ3n) is 6.89. The van der Waals surface area contributed by atoms with E-state index in [-0.39, 0.29) is 23.8 Å². The van der Waals surface area contributed by atoms with Crippen molar-refractivity contribution >= 4 is 0 Å². The Kier molecular flexibility index (Phi) is 9.97. The van der Waals surface area contributed by atoms with Crippen LogP contribution >= 0.6 is 0 Å². The molecule has 0 atom stereocenters. The van der Waals surface area contributed by atoms with E-state index in [0.717, 1.165) is 50.7 Å². The highest BCUT2D eigenvalue weighted by Crippen LogP contribution is 2.40. The summed E-state index contributed by atoms with van der Waals surface area (Å²) in [5.41, 5.74) is -0.258. The van der Waals surface area contributed by atoms with Crippen LogP contribution in [0.15, 0.2) is 24.3 Å². The number of hydrogen-bond acceptors (Lipinski definition) is 2. The van der Waals surface area contributed by atoms with Crippen LogP contribution in [0, 0.1) is 29.2 Å². The summed E-state index contributed by atoms with van der Waals surface area (Å²) in [6.45, 7) is 2.50. The van der Waals surface area contributed by atoms with E-state index in [1.54, 1.807) is 6.92 Å². The van der Waals surface area contributed by atoms with Gasteiger partial charge in [-0.2, -0.15) is 8.78 Å². The number of unbranched alkanes of at least 4 members (excludes halogenated alkanes) is 2. The number of rotatable bonds is 12. The highest BCUT2D eigenvalue weighted by atomic mass is 19.3. The van der Waals surface area contributed by atoms with E-state index < -0.39 is 53.5 Å². The van der Waals surface area contributed by atoms with Gasteiger partial charge in [-0.25, -0.2) is 17.6 Å². The Balaban J connectivity index is 1.61. The molecule has 0 spiro atoms. The maximum absolute atomic E-state index is 14.9. The molecule has 0 bridgehead atoms. The Morgan fingerprint density at radius 2 is 1.42 bits per heavy atom. The SMILES string of the molecule is CCCCCC1CCC(c2ccc(CC(F)(F)COc3ccc(OCC)c(F)c3F)c(F)c2F)CC1. The van der Waals surface area contributed by atoms with Crippen LogP contribution < -0.4 is 9.47 Å². The Labute approximate surface area is 209 Å². The Morgan fingerprint density at radius 1 is 0.778 bits per heavy atom. The lowest BCUT2D eigenvalue weighted by atomic mass is 9.76. The summed E-state index contributed by atoms with van der Waals surface area (Å²) in [4.78, 5) is 0. The van der Waals surface area contributed by atoms with Crippen LogP contribution in [0.5, 0.6) is 11.5 Å². The normalized spacial score (nSPS) is 18.3. The van der Waals surface area contributed by atoms with E-state index in [1.165, 1.54) is 25.0 Å². The summed E-state index contributed by atoms with van der Waals surface area (Å²) in [5, 5.41) is 0. The van der Waals surface area contributed by atoms with Crippen LogP contribution in [-0.2, 0) is 6.42 Å². The molecule has 2 nitrogen and oxygen atoms in total. The fraction of sp³-hybridized carbons (Fsp3) is 0.571. The minimum Gasteiger partial charge on any atom is -0.491 e. The minimum atomic E-state index is -3.65. The van der Waals surface area contributed by atoms with Crippen LogP contribution in [0.25, 0.3) is 0 Å². The highest BCUT2D eigenvalue weighted by molar-refractivity contribution is 5.35. The van der Waals surface area contributed by atoms with Gasteiger partial charge in [0.2, 0.25) is 11.6 Å². The smallest absolute Gasteiger partial charge is 0.285 e. The average Bonchev–Trinajstić information content (AvgIpc) is 2.85. The van der Waals surface area contributed by atoms with E-state index in [1.807, 2.05) is 0 Å². The molecule has 1 aliphatic carbocycles. The van der Waals surface area contributed by atoms with Crippen molar-refractivity contribution in [1.29, 1.82) is 0 Å². The lowest BCUT2D eigenvalue weighted by Crippen LogP contribution is -2.29. The summed E-state index contributed by atoms with van der Waals surface area (Å²) >= 11 is 0. The molecule has 1 aliphatic rings. The van der Waals surface area contributed by atoms with Gasteiger partial charge < -0.3 is 9.47 Å². The topological polar surface area (TPSA) is 18.5 Å². The molecule has 3 rings (SSSR count). The van der Waals surface area contributed by atoms with E-state index in [2.05, 4.69) is 6.92 Å². The molecule has 0 unspecified atom stereocenters. The predicted molar refractivity (Wildman–Crippen MR) is 127 cm³/mol. The first-order valence-electron chi connectivity index (χ1n) is 12.7. The Bertz CT molecular complexity index is 1000. The number of alkyl halides is 2. The standard InChI is InChI=1S/C28H34F6O2/c1-3-5-6-7-18-8-10-19(11-9-18)21-13-12-20(24(29)25(21)30)16-28(33,34)17-36-23-15-14-22(35-4-2)26(31)27(23)32/h12-15,18-19H,3-11,16-17H2,1-2H3. The molecule has 0 aromatic heterocycles. The first-order chi connectivity index (χ1) is 17.2. The van der Waals surface area contributed by atoms with Crippen molar-refractivity contribution in [3.05, 3.63) is 58.7 Å². The summed E-state index contributed by atoms with van der Waals surface area (Å²) in [5.74, 6) is -9.44. The van der Waals surface area contributed by atoms with Crippen molar-refractivity contribution in [3.8, 4) is 11.5 Å². The Hall–Kier alpha value is -2.38. The molecule has 0 heterocycles. The van der Waals surface area contributed by atoms with E-state index >= 15 is 0 Å². The van der Waals surface area contributed by atoms with E-state index in [9.17, 15) is 26.3 Å². The summed E-state index contributed by atoms with van der Waals surface area (Å²) < 4.78 is 96.4. The highest BCUT2D eigenvalue weighted by Gasteiger charge is 2.34. The van der Waals surface area contributed by atoms with Gasteiger partial charge >= 0.3 is 0 Å². The van der Waals surface area contributed by atoms with Gasteiger partial charge in [-0.1, -0.05) is 44.7 Å². The van der Waals surface area contributed by atoms with E-state index in [0.29, 0.717) is 5.92 Å². The molecule has 36 heavy (non-hydrogen) atoms. The lowest BCUT2D eigenvalue weighted by Gasteiger charge is -2.29. The summed E-state index contributed by atoms with van der Waals surface area (Å²) in [6.07, 6.45) is 6.97. The zero-order valence-electron chi connectivity index (χ0n) is 20.8. The first-order valence-corrected chi connectivity index (χ1v) is 12.7. The third-order valence-corrected chi connectivity index (χ3v) is 6.89. The fourth-order valence-electron chi connectivity index (χ4n) is 4.91. The van der Waals surface area contributed by atoms with Crippen LogP contribution in [0.1, 0.15) is 82.3 Å². The monoisotopic (exact) mass is 516 g/mol. The van der Waals surface area contributed by atoms with Gasteiger partial charge in [-0.15, -0.1) is 0 Å². The molecule has 2 aromatic carbocycles. The van der Waals surface area contributed by atoms with Crippen molar-refractivity contribution < 1.29 is 35.8 Å². The molecule has 0 radical (unpaired) electrons. The summed E-state index contributed by atoms with van der Waals surface area (Å²) in [7, 11) is 0. The van der Waals surface area contributed by atoms with E-state index in [4.69, 9.17) is 9.47 Å². The first kappa shape index (κ1) is 28.2. The van der Waals surface area contributed by atoms with Crippen LogP contribution in [0.4, 0.5) is 26.3 Å². The Morgan fingerprint density at radius 3 is 2.03 bits per heavy atom. The predicted octanol–water partition coefficient (Wildman–Crippen LogP) is 8.75. The fourth-order valence-corrected chi connectivity index (χ4v) is 4.91. The largest absolute Gasteiger partial charge is 0.491 e. The van der Waals surface area contributed by atoms with Crippen molar-refractivity contribution in [1.82, 2.24) is 0 Å². The molecular weight excluding hydrogens is 482 g/mol. The molecule has 200 valence electrons.